The fraction of sp³-hybridized carbons (Fsp3) is 0.250. The van der Waals surface area contributed by atoms with Gasteiger partial charge in [-0.15, -0.1) is 0 Å². The summed E-state index contributed by atoms with van der Waals surface area (Å²) in [4.78, 5) is 24.7. The maximum absolute atomic E-state index is 12.5. The SMILES string of the molecule is O=C1CCCC2=C1[C@H](c1ccc(Cl)cc1)c1c([nH][nH]c1=O)N2. The molecule has 2 aliphatic rings. The second kappa shape index (κ2) is 4.88. The molecule has 0 unspecified atom stereocenters. The number of carbonyl (C=O) groups is 1. The summed E-state index contributed by atoms with van der Waals surface area (Å²) in [6, 6.07) is 7.32. The van der Waals surface area contributed by atoms with E-state index in [1.54, 1.807) is 12.1 Å². The first-order valence-electron chi connectivity index (χ1n) is 7.24. The largest absolute Gasteiger partial charge is 0.343 e. The lowest BCUT2D eigenvalue weighted by molar-refractivity contribution is -0.116. The van der Waals surface area contributed by atoms with Crippen LogP contribution < -0.4 is 10.9 Å². The van der Waals surface area contributed by atoms with Gasteiger partial charge in [0.1, 0.15) is 5.82 Å². The molecule has 1 aliphatic carbocycles. The van der Waals surface area contributed by atoms with Gasteiger partial charge in [0.15, 0.2) is 5.78 Å². The third kappa shape index (κ3) is 1.93. The van der Waals surface area contributed by atoms with Crippen molar-refractivity contribution >= 4 is 23.2 Å². The fourth-order valence-electron chi connectivity index (χ4n) is 3.35. The van der Waals surface area contributed by atoms with Crippen LogP contribution in [0.5, 0.6) is 0 Å². The van der Waals surface area contributed by atoms with E-state index in [1.165, 1.54) is 0 Å². The van der Waals surface area contributed by atoms with Crippen LogP contribution in [0, 0.1) is 0 Å². The summed E-state index contributed by atoms with van der Waals surface area (Å²) >= 11 is 5.96. The van der Waals surface area contributed by atoms with E-state index in [1.807, 2.05) is 12.1 Å². The average Bonchev–Trinajstić information content (AvgIpc) is 2.88. The highest BCUT2D eigenvalue weighted by atomic mass is 35.5. The number of hydrogen-bond acceptors (Lipinski definition) is 3. The molecule has 0 saturated heterocycles. The number of H-pyrrole nitrogens is 2. The van der Waals surface area contributed by atoms with Crippen LogP contribution >= 0.6 is 11.6 Å². The predicted molar refractivity (Wildman–Crippen MR) is 84.2 cm³/mol. The molecule has 1 aliphatic heterocycles. The maximum atomic E-state index is 12.5. The number of nitrogens with one attached hydrogen (secondary N) is 3. The third-order valence-corrected chi connectivity index (χ3v) is 4.58. The van der Waals surface area contributed by atoms with Crippen molar-refractivity contribution in [1.29, 1.82) is 0 Å². The van der Waals surface area contributed by atoms with Gasteiger partial charge in [-0.05, 0) is 30.5 Å². The number of fused-ring (bicyclic) bond motifs is 1. The van der Waals surface area contributed by atoms with Crippen LogP contribution in [0.2, 0.25) is 5.02 Å². The van der Waals surface area contributed by atoms with Gasteiger partial charge >= 0.3 is 0 Å². The van der Waals surface area contributed by atoms with Crippen LogP contribution in [0.25, 0.3) is 0 Å². The molecule has 0 radical (unpaired) electrons. The topological polar surface area (TPSA) is 77.8 Å². The van der Waals surface area contributed by atoms with Crippen LogP contribution in [0.15, 0.2) is 40.3 Å². The zero-order chi connectivity index (χ0) is 15.3. The van der Waals surface area contributed by atoms with Gasteiger partial charge in [-0.3, -0.25) is 19.8 Å². The molecule has 4 rings (SSSR count). The van der Waals surface area contributed by atoms with Gasteiger partial charge < -0.3 is 5.32 Å². The lowest BCUT2D eigenvalue weighted by atomic mass is 9.77. The minimum Gasteiger partial charge on any atom is -0.343 e. The molecule has 6 heteroatoms. The number of hydrogen-bond donors (Lipinski definition) is 3. The average molecular weight is 316 g/mol. The van der Waals surface area contributed by atoms with Crippen molar-refractivity contribution in [2.75, 3.05) is 5.32 Å². The number of benzene rings is 1. The van der Waals surface area contributed by atoms with Crippen LogP contribution in [0.4, 0.5) is 5.82 Å². The first kappa shape index (κ1) is 13.4. The highest BCUT2D eigenvalue weighted by Crippen LogP contribution is 2.43. The molecule has 5 nitrogen and oxygen atoms in total. The Kier molecular flexibility index (Phi) is 2.97. The third-order valence-electron chi connectivity index (χ3n) is 4.33. The number of Topliss-reactive ketones (excluding diaryl/α,β-unsaturated/α-hetero) is 1. The summed E-state index contributed by atoms with van der Waals surface area (Å²) in [5.41, 5.74) is 2.90. The standard InChI is InChI=1S/C16H14ClN3O2/c17-9-6-4-8(5-7-9)12-13-10(2-1-3-11(13)21)18-15-14(12)16(22)20-19-15/h4-7,12H,1-3H2,(H3,18,19,20,22)/t12-/m0/s1. The molecule has 2 aromatic rings. The maximum Gasteiger partial charge on any atom is 0.270 e. The monoisotopic (exact) mass is 315 g/mol. The van der Waals surface area contributed by atoms with Crippen LogP contribution in [0.3, 0.4) is 0 Å². The Bertz CT molecular complexity index is 845. The van der Waals surface area contributed by atoms with E-state index in [-0.39, 0.29) is 17.3 Å². The Morgan fingerprint density at radius 1 is 1.05 bits per heavy atom. The van der Waals surface area contributed by atoms with E-state index in [0.29, 0.717) is 28.4 Å². The second-order valence-electron chi connectivity index (χ2n) is 5.65. The van der Waals surface area contributed by atoms with Crippen molar-refractivity contribution in [3.05, 3.63) is 62.0 Å². The molecule has 22 heavy (non-hydrogen) atoms. The van der Waals surface area contributed by atoms with Gasteiger partial charge in [0, 0.05) is 28.6 Å². The van der Waals surface area contributed by atoms with E-state index in [2.05, 4.69) is 15.5 Å². The highest BCUT2D eigenvalue weighted by molar-refractivity contribution is 6.30. The Labute approximate surface area is 131 Å². The second-order valence-corrected chi connectivity index (χ2v) is 6.08. The van der Waals surface area contributed by atoms with Gasteiger partial charge in [-0.2, -0.15) is 0 Å². The first-order valence-corrected chi connectivity index (χ1v) is 7.62. The van der Waals surface area contributed by atoms with Gasteiger partial charge in [-0.1, -0.05) is 23.7 Å². The molecule has 0 fully saturated rings. The van der Waals surface area contributed by atoms with Crippen LogP contribution in [-0.2, 0) is 4.79 Å². The zero-order valence-electron chi connectivity index (χ0n) is 11.7. The van der Waals surface area contributed by atoms with E-state index in [4.69, 9.17) is 11.6 Å². The highest BCUT2D eigenvalue weighted by Gasteiger charge is 2.37. The van der Waals surface area contributed by atoms with Crippen molar-refractivity contribution in [1.82, 2.24) is 10.2 Å². The molecular formula is C16H14ClN3O2. The summed E-state index contributed by atoms with van der Waals surface area (Å²) in [7, 11) is 0. The molecule has 1 atom stereocenters. The Hall–Kier alpha value is -2.27. The van der Waals surface area contributed by atoms with E-state index in [0.717, 1.165) is 24.1 Å². The van der Waals surface area contributed by atoms with Crippen molar-refractivity contribution in [2.24, 2.45) is 0 Å². The van der Waals surface area contributed by atoms with Gasteiger partial charge in [0.05, 0.1) is 5.56 Å². The lowest BCUT2D eigenvalue weighted by Gasteiger charge is -2.31. The summed E-state index contributed by atoms with van der Waals surface area (Å²) in [6.07, 6.45) is 2.18. The Balaban J connectivity index is 1.96. The van der Waals surface area contributed by atoms with E-state index >= 15 is 0 Å². The number of aromatic nitrogens is 2. The number of ketones is 1. The number of anilines is 1. The van der Waals surface area contributed by atoms with Crippen LogP contribution in [-0.4, -0.2) is 16.0 Å². The van der Waals surface area contributed by atoms with Gasteiger partial charge in [0.25, 0.3) is 5.56 Å². The summed E-state index contributed by atoms with van der Waals surface area (Å²) in [5, 5.41) is 9.31. The molecule has 1 aromatic carbocycles. The Morgan fingerprint density at radius 3 is 2.59 bits per heavy atom. The smallest absolute Gasteiger partial charge is 0.270 e. The van der Waals surface area contributed by atoms with Crippen molar-refractivity contribution in [2.45, 2.75) is 25.2 Å². The van der Waals surface area contributed by atoms with Crippen molar-refractivity contribution < 1.29 is 4.79 Å². The van der Waals surface area contributed by atoms with Crippen LogP contribution in [0.1, 0.15) is 36.3 Å². The summed E-state index contributed by atoms with van der Waals surface area (Å²) < 4.78 is 0. The summed E-state index contributed by atoms with van der Waals surface area (Å²) in [5.74, 6) is 0.421. The minimum absolute atomic E-state index is 0.111. The molecule has 0 saturated carbocycles. The number of halogens is 1. The number of allylic oxidation sites excluding steroid dienone is 2. The molecule has 1 aromatic heterocycles. The van der Waals surface area contributed by atoms with Crippen molar-refractivity contribution in [3.8, 4) is 0 Å². The van der Waals surface area contributed by atoms with Crippen molar-refractivity contribution in [3.63, 3.8) is 0 Å². The number of aromatic amines is 2. The molecular weight excluding hydrogens is 302 g/mol. The molecule has 0 spiro atoms. The quantitative estimate of drug-likeness (QED) is 0.757. The first-order chi connectivity index (χ1) is 10.6. The molecule has 112 valence electrons. The Morgan fingerprint density at radius 2 is 1.82 bits per heavy atom. The van der Waals surface area contributed by atoms with Gasteiger partial charge in [-0.25, -0.2) is 0 Å². The minimum atomic E-state index is -0.341. The predicted octanol–water partition coefficient (Wildman–Crippen LogP) is 2.92. The van der Waals surface area contributed by atoms with E-state index in [9.17, 15) is 9.59 Å². The normalized spacial score (nSPS) is 20.4. The fourth-order valence-corrected chi connectivity index (χ4v) is 3.48. The molecule has 3 N–H and O–H groups in total. The molecule has 2 heterocycles. The number of rotatable bonds is 1. The molecule has 0 bridgehead atoms. The zero-order valence-corrected chi connectivity index (χ0v) is 12.5. The number of carbonyl (C=O) groups excluding carboxylic acids is 1. The lowest BCUT2D eigenvalue weighted by Crippen LogP contribution is -2.29. The summed E-state index contributed by atoms with van der Waals surface area (Å²) in [6.45, 7) is 0. The molecule has 0 amide bonds. The van der Waals surface area contributed by atoms with E-state index < -0.39 is 0 Å². The van der Waals surface area contributed by atoms with Gasteiger partial charge in [0.2, 0.25) is 0 Å².